The van der Waals surface area contributed by atoms with Gasteiger partial charge in [-0.3, -0.25) is 0 Å². The Balaban J connectivity index is 2.88. The molecule has 0 bridgehead atoms. The van der Waals surface area contributed by atoms with E-state index in [0.29, 0.717) is 5.42 Å². The van der Waals surface area contributed by atoms with E-state index in [2.05, 4.69) is 22.8 Å². The predicted octanol–water partition coefficient (Wildman–Crippen LogP) is 0.213. The van der Waals surface area contributed by atoms with Crippen LogP contribution in [0.4, 0.5) is 0 Å². The van der Waals surface area contributed by atoms with Crippen LogP contribution >= 0.6 is 0 Å². The molecule has 2 heterocycles. The van der Waals surface area contributed by atoms with Gasteiger partial charge >= 0.3 is 0 Å². The summed E-state index contributed by atoms with van der Waals surface area (Å²) in [6, 6.07) is 0. The lowest BCUT2D eigenvalue weighted by Crippen LogP contribution is -2.23. The van der Waals surface area contributed by atoms with Crippen molar-refractivity contribution >= 4 is 17.6 Å². The molecule has 0 aliphatic carbocycles. The molecule has 60 valence electrons. The zero-order chi connectivity index (χ0) is 8.39. The largest absolute Gasteiger partial charge is 0.442 e. The number of allylic oxidation sites excluding steroid dienone is 1. The number of oxazole rings is 1. The van der Waals surface area contributed by atoms with E-state index in [1.165, 1.54) is 6.39 Å². The number of nitrogens with zero attached hydrogens (tertiary/aromatic N) is 2. The van der Waals surface area contributed by atoms with E-state index >= 15 is 0 Å². The normalized spacial score (nSPS) is 13.9. The smallest absolute Gasteiger partial charge is 0.182 e. The molecule has 0 unspecified atom stereocenters. The third-order valence-electron chi connectivity index (χ3n) is 1.78. The first-order chi connectivity index (χ1) is 5.92. The summed E-state index contributed by atoms with van der Waals surface area (Å²) in [6.07, 6.45) is 5.81. The van der Waals surface area contributed by atoms with Gasteiger partial charge in [0.05, 0.1) is 6.20 Å². The number of fused-ring (bicyclic) bond motifs is 1. The molecule has 0 radical (unpaired) electrons. The van der Waals surface area contributed by atoms with Gasteiger partial charge < -0.3 is 4.42 Å². The van der Waals surface area contributed by atoms with Gasteiger partial charge in [-0.25, -0.2) is 9.98 Å². The van der Waals surface area contributed by atoms with Gasteiger partial charge in [-0.15, -0.1) is 0 Å². The summed E-state index contributed by atoms with van der Waals surface area (Å²) in [5.74, 6) is 2.79. The summed E-state index contributed by atoms with van der Waals surface area (Å²) in [7, 11) is 0. The van der Waals surface area contributed by atoms with Crippen molar-refractivity contribution in [1.82, 2.24) is 4.98 Å². The summed E-state index contributed by atoms with van der Waals surface area (Å²) >= 11 is 0. The highest BCUT2D eigenvalue weighted by Gasteiger charge is 1.98. The molecule has 0 saturated heterocycles. The first-order valence-corrected chi connectivity index (χ1v) is 3.83. The first kappa shape index (κ1) is 7.07. The highest BCUT2D eigenvalue weighted by atomic mass is 16.3. The second-order valence-electron chi connectivity index (χ2n) is 2.48. The lowest BCUT2D eigenvalue weighted by atomic mass is 10.2. The third kappa shape index (κ3) is 1.00. The fourth-order valence-electron chi connectivity index (χ4n) is 1.14. The van der Waals surface area contributed by atoms with Crippen LogP contribution in [0.5, 0.6) is 0 Å². The van der Waals surface area contributed by atoms with Crippen molar-refractivity contribution in [3.8, 4) is 0 Å². The lowest BCUT2D eigenvalue weighted by molar-refractivity contribution is 0.524. The Labute approximate surface area is 69.5 Å². The van der Waals surface area contributed by atoms with Gasteiger partial charge in [0.2, 0.25) is 0 Å². The SMILES string of the molecule is CCC1=c2ncoc2=CN=C=C1. The van der Waals surface area contributed by atoms with Gasteiger partial charge in [0.1, 0.15) is 5.35 Å². The number of aromatic nitrogens is 1. The first-order valence-electron chi connectivity index (χ1n) is 3.83. The van der Waals surface area contributed by atoms with Gasteiger partial charge in [0.25, 0.3) is 0 Å². The second-order valence-corrected chi connectivity index (χ2v) is 2.48. The quantitative estimate of drug-likeness (QED) is 0.589. The number of hydrogen-bond donors (Lipinski definition) is 0. The van der Waals surface area contributed by atoms with Crippen LogP contribution in [0.1, 0.15) is 13.3 Å². The highest BCUT2D eigenvalue weighted by molar-refractivity contribution is 5.73. The van der Waals surface area contributed by atoms with Crippen molar-refractivity contribution in [3.05, 3.63) is 23.2 Å². The molecule has 0 aromatic carbocycles. The summed E-state index contributed by atoms with van der Waals surface area (Å²) in [5.41, 5.74) is 1.82. The standard InChI is InChI=1S/C9H8N2O/c1-2-7-3-4-10-5-8-9(7)11-6-12-8/h3,5-6H,2H2,1H3. The maximum Gasteiger partial charge on any atom is 0.182 e. The van der Waals surface area contributed by atoms with Crippen molar-refractivity contribution in [3.63, 3.8) is 0 Å². The maximum absolute atomic E-state index is 5.13. The average molecular weight is 160 g/mol. The van der Waals surface area contributed by atoms with Crippen LogP contribution in [0.25, 0.3) is 11.8 Å². The van der Waals surface area contributed by atoms with Crippen LogP contribution < -0.4 is 10.8 Å². The van der Waals surface area contributed by atoms with Crippen molar-refractivity contribution in [1.29, 1.82) is 0 Å². The van der Waals surface area contributed by atoms with Crippen LogP contribution in [0.3, 0.4) is 0 Å². The van der Waals surface area contributed by atoms with Crippen LogP contribution in [0.15, 0.2) is 21.9 Å². The molecule has 3 nitrogen and oxygen atoms in total. The minimum Gasteiger partial charge on any atom is -0.442 e. The zero-order valence-corrected chi connectivity index (χ0v) is 6.74. The molecule has 0 fully saturated rings. The van der Waals surface area contributed by atoms with Gasteiger partial charge in [-0.05, 0) is 17.9 Å². The molecule has 3 heteroatoms. The zero-order valence-electron chi connectivity index (χ0n) is 6.74. The molecule has 1 aliphatic rings. The molecular formula is C9H8N2O. The maximum atomic E-state index is 5.13. The topological polar surface area (TPSA) is 38.4 Å². The molecule has 0 spiro atoms. The summed E-state index contributed by atoms with van der Waals surface area (Å²) in [5, 5.41) is 0.881. The number of hydrogen-bond acceptors (Lipinski definition) is 3. The minimum atomic E-state index is 0.716. The molecule has 1 aromatic heterocycles. The Kier molecular flexibility index (Phi) is 1.65. The molecule has 12 heavy (non-hydrogen) atoms. The second kappa shape index (κ2) is 2.80. The fraction of sp³-hybridized carbons (Fsp3) is 0.222. The van der Waals surface area contributed by atoms with Gasteiger partial charge in [-0.2, -0.15) is 0 Å². The van der Waals surface area contributed by atoms with E-state index in [1.807, 2.05) is 6.08 Å². The summed E-state index contributed by atoms with van der Waals surface area (Å²) in [6.45, 7) is 2.07. The van der Waals surface area contributed by atoms with E-state index in [0.717, 1.165) is 17.3 Å². The minimum absolute atomic E-state index is 0.716. The number of aliphatic imine (C=N–C) groups is 1. The van der Waals surface area contributed by atoms with E-state index in [4.69, 9.17) is 4.42 Å². The Hall–Kier alpha value is -1.60. The molecule has 1 aliphatic heterocycles. The van der Waals surface area contributed by atoms with E-state index in [-0.39, 0.29) is 0 Å². The predicted molar refractivity (Wildman–Crippen MR) is 45.9 cm³/mol. The molecular weight excluding hydrogens is 152 g/mol. The van der Waals surface area contributed by atoms with Gasteiger partial charge in [-0.1, -0.05) is 6.92 Å². The Morgan fingerprint density at radius 1 is 1.58 bits per heavy atom. The van der Waals surface area contributed by atoms with Crippen molar-refractivity contribution in [2.45, 2.75) is 13.3 Å². The Bertz CT molecular complexity index is 461. The summed E-state index contributed by atoms with van der Waals surface area (Å²) in [4.78, 5) is 8.00. The van der Waals surface area contributed by atoms with Crippen LogP contribution in [0.2, 0.25) is 0 Å². The van der Waals surface area contributed by atoms with E-state index < -0.39 is 0 Å². The van der Waals surface area contributed by atoms with Crippen LogP contribution in [-0.4, -0.2) is 10.9 Å². The monoisotopic (exact) mass is 160 g/mol. The van der Waals surface area contributed by atoms with Gasteiger partial charge in [0, 0.05) is 6.08 Å². The molecule has 0 N–H and O–H groups in total. The lowest BCUT2D eigenvalue weighted by Gasteiger charge is -1.87. The van der Waals surface area contributed by atoms with Crippen molar-refractivity contribution < 1.29 is 4.42 Å². The molecule has 0 atom stereocenters. The molecule has 0 amide bonds. The highest BCUT2D eigenvalue weighted by Crippen LogP contribution is 1.98. The summed E-state index contributed by atoms with van der Waals surface area (Å²) < 4.78 is 5.13. The Morgan fingerprint density at radius 2 is 2.50 bits per heavy atom. The Morgan fingerprint density at radius 3 is 3.33 bits per heavy atom. The third-order valence-corrected chi connectivity index (χ3v) is 1.78. The molecule has 0 saturated carbocycles. The van der Waals surface area contributed by atoms with Crippen molar-refractivity contribution in [2.24, 2.45) is 4.99 Å². The van der Waals surface area contributed by atoms with Gasteiger partial charge in [0.15, 0.2) is 11.8 Å². The fourth-order valence-corrected chi connectivity index (χ4v) is 1.14. The van der Waals surface area contributed by atoms with E-state index in [9.17, 15) is 0 Å². The number of rotatable bonds is 1. The van der Waals surface area contributed by atoms with E-state index in [1.54, 1.807) is 6.20 Å². The molecule has 2 rings (SSSR count). The average Bonchev–Trinajstić information content (AvgIpc) is 2.46. The van der Waals surface area contributed by atoms with Crippen LogP contribution in [-0.2, 0) is 0 Å². The van der Waals surface area contributed by atoms with Crippen molar-refractivity contribution in [2.75, 3.05) is 0 Å². The molecule has 1 aromatic rings. The van der Waals surface area contributed by atoms with Crippen LogP contribution in [0, 0.1) is 0 Å².